The molecule has 0 saturated heterocycles. The third kappa shape index (κ3) is 4.45. The van der Waals surface area contributed by atoms with E-state index in [1.54, 1.807) is 12.0 Å². The minimum atomic E-state index is -1.13. The van der Waals surface area contributed by atoms with Crippen molar-refractivity contribution < 1.29 is 24.3 Å². The fourth-order valence-corrected chi connectivity index (χ4v) is 1.24. The van der Waals surface area contributed by atoms with Gasteiger partial charge in [0.15, 0.2) is 6.61 Å². The van der Waals surface area contributed by atoms with Gasteiger partial charge in [-0.1, -0.05) is 0 Å². The summed E-state index contributed by atoms with van der Waals surface area (Å²) in [5, 5.41) is 8.32. The molecule has 7 nitrogen and oxygen atoms in total. The molecule has 1 aliphatic carbocycles. The van der Waals surface area contributed by atoms with Crippen LogP contribution in [-0.2, 0) is 14.4 Å². The van der Waals surface area contributed by atoms with E-state index >= 15 is 0 Å². The number of carboxylic acid groups (broad SMARTS) is 1. The average molecular weight is 232 g/mol. The van der Waals surface area contributed by atoms with Crippen molar-refractivity contribution in [1.82, 2.24) is 10.4 Å². The molecule has 0 aromatic rings. The van der Waals surface area contributed by atoms with Crippen molar-refractivity contribution in [2.75, 3.05) is 26.9 Å². The maximum absolute atomic E-state index is 11.6. The predicted octanol–water partition coefficient (Wildman–Crippen LogP) is -0.177. The second-order valence-electron chi connectivity index (χ2n) is 3.51. The van der Waals surface area contributed by atoms with Crippen LogP contribution >= 0.6 is 0 Å². The van der Waals surface area contributed by atoms with E-state index in [4.69, 9.17) is 9.84 Å². The quantitative estimate of drug-likeness (QED) is 0.595. The average Bonchev–Trinajstić information content (AvgIpc) is 3.02. The Morgan fingerprint density at radius 1 is 1.50 bits per heavy atom. The summed E-state index contributed by atoms with van der Waals surface area (Å²) in [6, 6.07) is -0.190. The van der Waals surface area contributed by atoms with E-state index in [2.05, 4.69) is 10.3 Å². The molecule has 0 aromatic heterocycles. The number of aliphatic carboxylic acids is 1. The molecule has 92 valence electrons. The van der Waals surface area contributed by atoms with Gasteiger partial charge in [-0.25, -0.2) is 15.1 Å². The number of carboxylic acids is 1. The molecule has 0 bridgehead atoms. The molecule has 2 N–H and O–H groups in total. The Bertz CT molecular complexity index is 254. The van der Waals surface area contributed by atoms with Crippen molar-refractivity contribution in [3.8, 4) is 0 Å². The van der Waals surface area contributed by atoms with E-state index in [0.29, 0.717) is 13.2 Å². The molecule has 0 heterocycles. The number of methoxy groups -OCH3 is 1. The number of hydrogen-bond donors (Lipinski definition) is 2. The molecule has 0 radical (unpaired) electrons. The van der Waals surface area contributed by atoms with Crippen LogP contribution in [0.1, 0.15) is 12.8 Å². The van der Waals surface area contributed by atoms with Crippen molar-refractivity contribution in [3.05, 3.63) is 0 Å². The monoisotopic (exact) mass is 232 g/mol. The number of nitrogens with zero attached hydrogens (tertiary/aromatic N) is 1. The Morgan fingerprint density at radius 3 is 2.69 bits per heavy atom. The van der Waals surface area contributed by atoms with Gasteiger partial charge in [0.2, 0.25) is 0 Å². The van der Waals surface area contributed by atoms with Gasteiger partial charge in [-0.2, -0.15) is 0 Å². The highest BCUT2D eigenvalue weighted by Gasteiger charge is 2.32. The van der Waals surface area contributed by atoms with Crippen LogP contribution in [0.3, 0.4) is 0 Å². The Labute approximate surface area is 93.3 Å². The molecule has 16 heavy (non-hydrogen) atoms. The molecule has 0 spiro atoms. The lowest BCUT2D eigenvalue weighted by Crippen LogP contribution is -2.43. The number of carbonyl (C=O) groups is 2. The number of hydroxylamine groups is 1. The number of rotatable bonds is 7. The van der Waals surface area contributed by atoms with E-state index in [9.17, 15) is 9.59 Å². The number of hydrogen-bond acceptors (Lipinski definition) is 4. The highest BCUT2D eigenvalue weighted by Crippen LogP contribution is 2.26. The molecule has 1 fully saturated rings. The zero-order valence-electron chi connectivity index (χ0n) is 9.14. The molecule has 2 amide bonds. The highest BCUT2D eigenvalue weighted by atomic mass is 16.7. The van der Waals surface area contributed by atoms with Gasteiger partial charge < -0.3 is 14.7 Å². The van der Waals surface area contributed by atoms with Crippen LogP contribution in [0.4, 0.5) is 4.79 Å². The first-order valence-electron chi connectivity index (χ1n) is 5.04. The van der Waals surface area contributed by atoms with Crippen LogP contribution < -0.4 is 5.48 Å². The fourth-order valence-electron chi connectivity index (χ4n) is 1.24. The number of nitrogens with one attached hydrogen (secondary N) is 1. The SMILES string of the molecule is COCCN(C(=O)NOCC(=O)O)C1CC1. The van der Waals surface area contributed by atoms with Crippen LogP contribution in [0, 0.1) is 0 Å². The standard InChI is InChI=1S/C9H16N2O5/c1-15-5-4-11(7-2-3-7)9(14)10-16-6-8(12)13/h7H,2-6H2,1H3,(H,10,14)(H,12,13). The van der Waals surface area contributed by atoms with Crippen molar-refractivity contribution >= 4 is 12.0 Å². The van der Waals surface area contributed by atoms with Crippen LogP contribution in [0.2, 0.25) is 0 Å². The predicted molar refractivity (Wildman–Crippen MR) is 53.7 cm³/mol. The number of ether oxygens (including phenoxy) is 1. The molecule has 0 unspecified atom stereocenters. The minimum absolute atomic E-state index is 0.226. The van der Waals surface area contributed by atoms with Gasteiger partial charge in [0.25, 0.3) is 0 Å². The summed E-state index contributed by atoms with van der Waals surface area (Å²) in [6.07, 6.45) is 1.94. The molecule has 1 aliphatic rings. The van der Waals surface area contributed by atoms with Crippen LogP contribution in [0.5, 0.6) is 0 Å². The van der Waals surface area contributed by atoms with Crippen LogP contribution in [0.15, 0.2) is 0 Å². The third-order valence-electron chi connectivity index (χ3n) is 2.14. The first-order valence-corrected chi connectivity index (χ1v) is 5.04. The minimum Gasteiger partial charge on any atom is -0.479 e. The summed E-state index contributed by atoms with van der Waals surface area (Å²) < 4.78 is 4.89. The van der Waals surface area contributed by atoms with Gasteiger partial charge in [0.1, 0.15) is 0 Å². The lowest BCUT2D eigenvalue weighted by molar-refractivity contribution is -0.144. The zero-order chi connectivity index (χ0) is 12.0. The van der Waals surface area contributed by atoms with E-state index in [-0.39, 0.29) is 6.04 Å². The van der Waals surface area contributed by atoms with E-state index in [0.717, 1.165) is 12.8 Å². The van der Waals surface area contributed by atoms with Gasteiger partial charge in [-0.05, 0) is 12.8 Å². The maximum Gasteiger partial charge on any atom is 0.341 e. The summed E-state index contributed by atoms with van der Waals surface area (Å²) in [6.45, 7) is 0.376. The van der Waals surface area contributed by atoms with Gasteiger partial charge >= 0.3 is 12.0 Å². The van der Waals surface area contributed by atoms with E-state index in [1.165, 1.54) is 0 Å². The Morgan fingerprint density at radius 2 is 2.19 bits per heavy atom. The molecule has 0 aliphatic heterocycles. The van der Waals surface area contributed by atoms with Gasteiger partial charge in [-0.15, -0.1) is 0 Å². The van der Waals surface area contributed by atoms with Crippen LogP contribution in [0.25, 0.3) is 0 Å². The van der Waals surface area contributed by atoms with Gasteiger partial charge in [0, 0.05) is 19.7 Å². The smallest absolute Gasteiger partial charge is 0.341 e. The first-order chi connectivity index (χ1) is 7.65. The number of carbonyl (C=O) groups excluding carboxylic acids is 1. The number of urea groups is 1. The van der Waals surface area contributed by atoms with Crippen molar-refractivity contribution in [1.29, 1.82) is 0 Å². The second kappa shape index (κ2) is 6.29. The summed E-state index contributed by atoms with van der Waals surface area (Å²) in [5.41, 5.74) is 2.09. The van der Waals surface area contributed by atoms with Crippen molar-refractivity contribution in [2.45, 2.75) is 18.9 Å². The fraction of sp³-hybridized carbons (Fsp3) is 0.778. The lowest BCUT2D eigenvalue weighted by atomic mass is 10.5. The largest absolute Gasteiger partial charge is 0.479 e. The molecule has 0 atom stereocenters. The Hall–Kier alpha value is -1.34. The van der Waals surface area contributed by atoms with Crippen molar-refractivity contribution in [2.24, 2.45) is 0 Å². The Balaban J connectivity index is 2.26. The highest BCUT2D eigenvalue weighted by molar-refractivity contribution is 5.74. The zero-order valence-corrected chi connectivity index (χ0v) is 9.14. The molecule has 1 rings (SSSR count). The second-order valence-corrected chi connectivity index (χ2v) is 3.51. The Kier molecular flexibility index (Phi) is 5.00. The molecule has 7 heteroatoms. The third-order valence-corrected chi connectivity index (χ3v) is 2.14. The van der Waals surface area contributed by atoms with Crippen LogP contribution in [-0.4, -0.2) is 54.9 Å². The van der Waals surface area contributed by atoms with Gasteiger partial charge in [0.05, 0.1) is 6.61 Å². The molecular formula is C9H16N2O5. The summed E-state index contributed by atoms with van der Waals surface area (Å²) in [4.78, 5) is 27.8. The molecule has 1 saturated carbocycles. The van der Waals surface area contributed by atoms with E-state index in [1.807, 2.05) is 0 Å². The number of amides is 2. The lowest BCUT2D eigenvalue weighted by Gasteiger charge is -2.21. The summed E-state index contributed by atoms with van der Waals surface area (Å²) >= 11 is 0. The molecule has 0 aromatic carbocycles. The van der Waals surface area contributed by atoms with E-state index < -0.39 is 18.6 Å². The first kappa shape index (κ1) is 12.7. The molecular weight excluding hydrogens is 216 g/mol. The summed E-state index contributed by atoms with van der Waals surface area (Å²) in [5.74, 6) is -1.13. The van der Waals surface area contributed by atoms with Gasteiger partial charge in [-0.3, -0.25) is 4.84 Å². The topological polar surface area (TPSA) is 88.1 Å². The normalized spacial score (nSPS) is 14.6. The summed E-state index contributed by atoms with van der Waals surface area (Å²) in [7, 11) is 1.56. The maximum atomic E-state index is 11.6. The van der Waals surface area contributed by atoms with Crippen molar-refractivity contribution in [3.63, 3.8) is 0 Å².